The summed E-state index contributed by atoms with van der Waals surface area (Å²) in [6.45, 7) is 5.43. The number of nitrogens with one attached hydrogen (secondary N) is 1. The third-order valence-corrected chi connectivity index (χ3v) is 4.37. The lowest BCUT2D eigenvalue weighted by Crippen LogP contribution is -2.32. The van der Waals surface area contributed by atoms with Crippen molar-refractivity contribution in [1.82, 2.24) is 10.4 Å². The van der Waals surface area contributed by atoms with Crippen molar-refractivity contribution >= 4 is 5.91 Å². The average molecular weight is 417 g/mol. The predicted octanol–water partition coefficient (Wildman–Crippen LogP) is 3.13. The van der Waals surface area contributed by atoms with Gasteiger partial charge in [-0.15, -0.1) is 0 Å². The van der Waals surface area contributed by atoms with E-state index in [0.717, 1.165) is 37.1 Å². The zero-order chi connectivity index (χ0) is 21.6. The van der Waals surface area contributed by atoms with Gasteiger partial charge in [-0.3, -0.25) is 4.79 Å². The van der Waals surface area contributed by atoms with Crippen molar-refractivity contribution < 1.29 is 24.5 Å². The Hall–Kier alpha value is -2.61. The maximum absolute atomic E-state index is 11.5. The number of hydrogen-bond acceptors (Lipinski definition) is 6. The fourth-order valence-electron chi connectivity index (χ4n) is 2.62. The van der Waals surface area contributed by atoms with Crippen LogP contribution in [0.4, 0.5) is 0 Å². The highest BCUT2D eigenvalue weighted by atomic mass is 17.3. The summed E-state index contributed by atoms with van der Waals surface area (Å²) >= 11 is 0. The number of ether oxygens (including phenoxy) is 1. The van der Waals surface area contributed by atoms with Crippen LogP contribution in [-0.4, -0.2) is 48.4 Å². The Morgan fingerprint density at radius 1 is 1.10 bits per heavy atom. The summed E-state index contributed by atoms with van der Waals surface area (Å²) in [5, 5.41) is 14.4. The van der Waals surface area contributed by atoms with E-state index in [1.807, 2.05) is 49.4 Å². The Morgan fingerprint density at radius 3 is 2.50 bits per heavy atom. The summed E-state index contributed by atoms with van der Waals surface area (Å²) < 4.78 is 5.53. The number of unbranched alkanes of at least 4 members (excludes halogenated alkanes) is 1. The van der Waals surface area contributed by atoms with Gasteiger partial charge in [0.25, 0.3) is 0 Å². The van der Waals surface area contributed by atoms with E-state index in [4.69, 9.17) is 14.6 Å². The van der Waals surface area contributed by atoms with Gasteiger partial charge in [0.2, 0.25) is 5.91 Å². The van der Waals surface area contributed by atoms with E-state index in [-0.39, 0.29) is 12.5 Å². The van der Waals surface area contributed by atoms with Gasteiger partial charge in [-0.25, -0.2) is 0 Å². The Balaban J connectivity index is 1.62. The molecule has 2 rings (SSSR count). The summed E-state index contributed by atoms with van der Waals surface area (Å²) in [6.07, 6.45) is 2.05. The number of hydroxylamine groups is 2. The molecule has 0 saturated carbocycles. The molecule has 0 fully saturated rings. The molecule has 0 aromatic heterocycles. The minimum absolute atomic E-state index is 0.192. The monoisotopic (exact) mass is 416 g/mol. The number of amides is 1. The van der Waals surface area contributed by atoms with Crippen molar-refractivity contribution in [3.8, 4) is 11.5 Å². The van der Waals surface area contributed by atoms with Crippen LogP contribution in [0.25, 0.3) is 0 Å². The summed E-state index contributed by atoms with van der Waals surface area (Å²) in [5.41, 5.74) is 1.12. The largest absolute Gasteiger partial charge is 0.491 e. The Kier molecular flexibility index (Phi) is 10.7. The van der Waals surface area contributed by atoms with Crippen molar-refractivity contribution in [2.24, 2.45) is 0 Å². The van der Waals surface area contributed by atoms with E-state index in [1.165, 1.54) is 12.0 Å². The molecule has 0 aliphatic rings. The molecule has 0 heterocycles. The van der Waals surface area contributed by atoms with Crippen LogP contribution in [0.1, 0.15) is 32.3 Å². The zero-order valence-corrected chi connectivity index (χ0v) is 17.8. The molecule has 0 radical (unpaired) electrons. The van der Waals surface area contributed by atoms with Crippen molar-refractivity contribution in [2.45, 2.75) is 39.2 Å². The lowest BCUT2D eigenvalue weighted by molar-refractivity contribution is -0.350. The highest BCUT2D eigenvalue weighted by molar-refractivity contribution is 5.71. The molecule has 0 spiro atoms. The first-order chi connectivity index (χ1) is 14.6. The predicted molar refractivity (Wildman–Crippen MR) is 115 cm³/mol. The number of carbonyl (C=O) groups is 1. The van der Waals surface area contributed by atoms with Gasteiger partial charge in [0.05, 0.1) is 6.54 Å². The Bertz CT molecular complexity index is 724. The van der Waals surface area contributed by atoms with Gasteiger partial charge in [0.1, 0.15) is 18.5 Å². The van der Waals surface area contributed by atoms with E-state index >= 15 is 0 Å². The first kappa shape index (κ1) is 23.7. The van der Waals surface area contributed by atoms with Crippen LogP contribution in [0, 0.1) is 0 Å². The molecule has 0 bridgehead atoms. The summed E-state index contributed by atoms with van der Waals surface area (Å²) in [5.74, 6) is 1.09. The third kappa shape index (κ3) is 9.26. The second kappa shape index (κ2) is 13.6. The standard InChI is InChI=1S/C23H32N2O5/c1-3-4-16-25(19(2)26)30-29-23-12-10-20(11-13-23)14-15-24-17-21(27)18-28-22-8-6-5-7-9-22/h5-13,21,24,27H,3-4,14-18H2,1-2H3. The van der Waals surface area contributed by atoms with Gasteiger partial charge in [-0.05, 0) is 49.2 Å². The molecule has 2 N–H and O–H groups in total. The van der Waals surface area contributed by atoms with Gasteiger partial charge in [0.15, 0.2) is 5.75 Å². The van der Waals surface area contributed by atoms with Crippen LogP contribution in [0.2, 0.25) is 0 Å². The molecule has 0 aliphatic carbocycles. The Labute approximate surface area is 178 Å². The summed E-state index contributed by atoms with van der Waals surface area (Å²) in [4.78, 5) is 21.9. The molecular formula is C23H32N2O5. The molecule has 1 atom stereocenters. The number of aliphatic hydroxyl groups is 1. The van der Waals surface area contributed by atoms with Crippen molar-refractivity contribution in [3.63, 3.8) is 0 Å². The van der Waals surface area contributed by atoms with Crippen molar-refractivity contribution in [3.05, 3.63) is 60.2 Å². The SMILES string of the molecule is CCCCN(OOc1ccc(CCNCC(O)COc2ccccc2)cc1)C(C)=O. The molecule has 0 aliphatic heterocycles. The fourth-order valence-corrected chi connectivity index (χ4v) is 2.62. The van der Waals surface area contributed by atoms with Gasteiger partial charge >= 0.3 is 0 Å². The number of nitrogens with zero attached hydrogens (tertiary/aromatic N) is 1. The van der Waals surface area contributed by atoms with E-state index in [9.17, 15) is 9.90 Å². The van der Waals surface area contributed by atoms with Crippen LogP contribution in [0.15, 0.2) is 54.6 Å². The smallest absolute Gasteiger partial charge is 0.246 e. The number of rotatable bonds is 14. The van der Waals surface area contributed by atoms with E-state index < -0.39 is 6.10 Å². The number of benzene rings is 2. The van der Waals surface area contributed by atoms with E-state index in [0.29, 0.717) is 18.8 Å². The topological polar surface area (TPSA) is 80.3 Å². The number of aliphatic hydroxyl groups excluding tert-OH is 1. The first-order valence-corrected chi connectivity index (χ1v) is 10.4. The first-order valence-electron chi connectivity index (χ1n) is 10.4. The normalized spacial score (nSPS) is 11.7. The van der Waals surface area contributed by atoms with Crippen LogP contribution < -0.4 is 14.9 Å². The number of carbonyl (C=O) groups excluding carboxylic acids is 1. The number of para-hydroxylation sites is 1. The second-order valence-corrected chi connectivity index (χ2v) is 7.01. The molecule has 2 aromatic carbocycles. The molecule has 0 saturated heterocycles. The number of hydrogen-bond donors (Lipinski definition) is 2. The van der Waals surface area contributed by atoms with E-state index in [1.54, 1.807) is 12.1 Å². The van der Waals surface area contributed by atoms with Gasteiger partial charge in [0, 0.05) is 13.5 Å². The van der Waals surface area contributed by atoms with Gasteiger partial charge in [-0.2, -0.15) is 5.06 Å². The van der Waals surface area contributed by atoms with Crippen molar-refractivity contribution in [2.75, 3.05) is 26.2 Å². The third-order valence-electron chi connectivity index (χ3n) is 4.37. The fraction of sp³-hybridized carbons (Fsp3) is 0.435. The molecule has 7 nitrogen and oxygen atoms in total. The molecule has 30 heavy (non-hydrogen) atoms. The highest BCUT2D eigenvalue weighted by Gasteiger charge is 2.10. The maximum atomic E-state index is 11.5. The minimum Gasteiger partial charge on any atom is -0.491 e. The molecule has 1 unspecified atom stereocenters. The van der Waals surface area contributed by atoms with Crippen LogP contribution in [-0.2, 0) is 16.2 Å². The van der Waals surface area contributed by atoms with Gasteiger partial charge < -0.3 is 20.0 Å². The molecule has 2 aromatic rings. The van der Waals surface area contributed by atoms with Crippen LogP contribution in [0.5, 0.6) is 11.5 Å². The van der Waals surface area contributed by atoms with E-state index in [2.05, 4.69) is 5.32 Å². The summed E-state index contributed by atoms with van der Waals surface area (Å²) in [7, 11) is 0. The van der Waals surface area contributed by atoms with Gasteiger partial charge in [-0.1, -0.05) is 48.7 Å². The second-order valence-electron chi connectivity index (χ2n) is 7.01. The van der Waals surface area contributed by atoms with Crippen LogP contribution >= 0.6 is 0 Å². The molecular weight excluding hydrogens is 384 g/mol. The van der Waals surface area contributed by atoms with Crippen LogP contribution in [0.3, 0.4) is 0 Å². The highest BCUT2D eigenvalue weighted by Crippen LogP contribution is 2.14. The minimum atomic E-state index is -0.574. The quantitative estimate of drug-likeness (QED) is 0.280. The maximum Gasteiger partial charge on any atom is 0.246 e. The van der Waals surface area contributed by atoms with Crippen molar-refractivity contribution in [1.29, 1.82) is 0 Å². The average Bonchev–Trinajstić information content (AvgIpc) is 2.76. The lowest BCUT2D eigenvalue weighted by Gasteiger charge is -2.18. The molecule has 7 heteroatoms. The zero-order valence-electron chi connectivity index (χ0n) is 17.8. The summed E-state index contributed by atoms with van der Waals surface area (Å²) in [6, 6.07) is 16.9. The lowest BCUT2D eigenvalue weighted by atomic mass is 10.1. The molecule has 164 valence electrons. The molecule has 1 amide bonds. The Morgan fingerprint density at radius 2 is 1.83 bits per heavy atom.